The molecule has 0 unspecified atom stereocenters. The molecule has 1 aromatic heterocycles. The van der Waals surface area contributed by atoms with Gasteiger partial charge in [-0.2, -0.15) is 0 Å². The summed E-state index contributed by atoms with van der Waals surface area (Å²) in [7, 11) is 0. The van der Waals surface area contributed by atoms with E-state index in [0.717, 1.165) is 17.2 Å². The molecule has 0 fully saturated rings. The Morgan fingerprint density at radius 3 is 2.81 bits per heavy atom. The predicted octanol–water partition coefficient (Wildman–Crippen LogP) is 3.98. The van der Waals surface area contributed by atoms with Crippen molar-refractivity contribution in [3.63, 3.8) is 0 Å². The number of anilines is 1. The summed E-state index contributed by atoms with van der Waals surface area (Å²) in [5.74, 6) is 0. The van der Waals surface area contributed by atoms with Crippen molar-refractivity contribution >= 4 is 39.6 Å². The third-order valence-corrected chi connectivity index (χ3v) is 3.92. The van der Waals surface area contributed by atoms with E-state index >= 15 is 0 Å². The molecule has 4 heteroatoms. The molecule has 0 aliphatic rings. The number of nitrogens with one attached hydrogen (secondary N) is 1. The molecule has 2 aromatic rings. The first kappa shape index (κ1) is 11.9. The van der Waals surface area contributed by atoms with E-state index in [-0.39, 0.29) is 0 Å². The van der Waals surface area contributed by atoms with Crippen molar-refractivity contribution < 1.29 is 0 Å². The summed E-state index contributed by atoms with van der Waals surface area (Å²) in [4.78, 5) is 4.43. The molecular weight excluding hydrogens is 331 g/mol. The Hall–Kier alpha value is -0.620. The van der Waals surface area contributed by atoms with Crippen molar-refractivity contribution in [2.24, 2.45) is 0 Å². The lowest BCUT2D eigenvalue weighted by Crippen LogP contribution is -2.00. The lowest BCUT2D eigenvalue weighted by molar-refractivity contribution is 1.07. The van der Waals surface area contributed by atoms with Gasteiger partial charge in [0, 0.05) is 20.3 Å². The second-order valence-corrected chi connectivity index (χ2v) is 5.88. The standard InChI is InChI=1S/C12H13IN2S/c1-8-5-10(13)3-4-11(8)14-6-12-15-9(2)7-16-12/h3-5,7,14H,6H2,1-2H3. The van der Waals surface area contributed by atoms with Gasteiger partial charge in [0.05, 0.1) is 6.54 Å². The van der Waals surface area contributed by atoms with E-state index < -0.39 is 0 Å². The molecule has 1 heterocycles. The quantitative estimate of drug-likeness (QED) is 0.852. The maximum Gasteiger partial charge on any atom is 0.112 e. The van der Waals surface area contributed by atoms with Gasteiger partial charge in [-0.05, 0) is 60.2 Å². The number of aryl methyl sites for hydroxylation is 2. The lowest BCUT2D eigenvalue weighted by Gasteiger charge is -2.08. The molecule has 0 aliphatic heterocycles. The fourth-order valence-electron chi connectivity index (χ4n) is 1.48. The van der Waals surface area contributed by atoms with E-state index in [1.54, 1.807) is 11.3 Å². The SMILES string of the molecule is Cc1csc(CNc2ccc(I)cc2C)n1. The van der Waals surface area contributed by atoms with Crippen LogP contribution in [0.1, 0.15) is 16.3 Å². The van der Waals surface area contributed by atoms with Gasteiger partial charge in [-0.15, -0.1) is 11.3 Å². The maximum absolute atomic E-state index is 4.43. The summed E-state index contributed by atoms with van der Waals surface area (Å²) in [5, 5.41) is 6.63. The van der Waals surface area contributed by atoms with E-state index in [1.807, 2.05) is 6.92 Å². The summed E-state index contributed by atoms with van der Waals surface area (Å²) in [5.41, 5.74) is 3.56. The number of thiazole rings is 1. The molecule has 1 N–H and O–H groups in total. The van der Waals surface area contributed by atoms with Crippen LogP contribution in [0.5, 0.6) is 0 Å². The first-order valence-electron chi connectivity index (χ1n) is 5.06. The van der Waals surface area contributed by atoms with Gasteiger partial charge in [0.25, 0.3) is 0 Å². The summed E-state index contributed by atoms with van der Waals surface area (Å²) in [6.07, 6.45) is 0. The molecule has 84 valence electrons. The highest BCUT2D eigenvalue weighted by Gasteiger charge is 2.01. The zero-order valence-corrected chi connectivity index (χ0v) is 12.2. The predicted molar refractivity (Wildman–Crippen MR) is 78.1 cm³/mol. The van der Waals surface area contributed by atoms with E-state index in [0.29, 0.717) is 0 Å². The van der Waals surface area contributed by atoms with E-state index in [4.69, 9.17) is 0 Å². The van der Waals surface area contributed by atoms with Crippen molar-refractivity contribution in [2.45, 2.75) is 20.4 Å². The van der Waals surface area contributed by atoms with E-state index in [2.05, 4.69) is 63.4 Å². The van der Waals surface area contributed by atoms with Gasteiger partial charge in [-0.1, -0.05) is 0 Å². The molecule has 2 nitrogen and oxygen atoms in total. The lowest BCUT2D eigenvalue weighted by atomic mass is 10.2. The van der Waals surface area contributed by atoms with Crippen molar-refractivity contribution in [2.75, 3.05) is 5.32 Å². The first-order chi connectivity index (χ1) is 7.65. The Bertz CT molecular complexity index is 494. The number of benzene rings is 1. The second kappa shape index (κ2) is 5.14. The van der Waals surface area contributed by atoms with Crippen LogP contribution in [-0.4, -0.2) is 4.98 Å². The molecule has 16 heavy (non-hydrogen) atoms. The van der Waals surface area contributed by atoms with Crippen molar-refractivity contribution in [1.29, 1.82) is 0 Å². The minimum atomic E-state index is 0.805. The minimum Gasteiger partial charge on any atom is -0.378 e. The number of halogens is 1. The minimum absolute atomic E-state index is 0.805. The van der Waals surface area contributed by atoms with Crippen LogP contribution in [0.4, 0.5) is 5.69 Å². The normalized spacial score (nSPS) is 10.4. The van der Waals surface area contributed by atoms with Crippen molar-refractivity contribution in [3.05, 3.63) is 43.4 Å². The van der Waals surface area contributed by atoms with Gasteiger partial charge >= 0.3 is 0 Å². The van der Waals surface area contributed by atoms with Crippen LogP contribution in [0.2, 0.25) is 0 Å². The van der Waals surface area contributed by atoms with Gasteiger partial charge in [0.2, 0.25) is 0 Å². The van der Waals surface area contributed by atoms with Crippen LogP contribution in [0.15, 0.2) is 23.6 Å². The highest BCUT2D eigenvalue weighted by molar-refractivity contribution is 14.1. The molecule has 1 aromatic carbocycles. The van der Waals surface area contributed by atoms with Gasteiger partial charge in [0.1, 0.15) is 5.01 Å². The molecule has 2 rings (SSSR count). The summed E-state index contributed by atoms with van der Waals surface area (Å²) in [6, 6.07) is 6.41. The first-order valence-corrected chi connectivity index (χ1v) is 7.02. The van der Waals surface area contributed by atoms with Crippen molar-refractivity contribution in [1.82, 2.24) is 4.98 Å². The van der Waals surface area contributed by atoms with Gasteiger partial charge < -0.3 is 5.32 Å². The van der Waals surface area contributed by atoms with Crippen LogP contribution < -0.4 is 5.32 Å². The van der Waals surface area contributed by atoms with Gasteiger partial charge in [-0.3, -0.25) is 0 Å². The van der Waals surface area contributed by atoms with Crippen LogP contribution in [0.25, 0.3) is 0 Å². The Morgan fingerprint density at radius 2 is 2.19 bits per heavy atom. The average molecular weight is 344 g/mol. The molecule has 0 aliphatic carbocycles. The Balaban J connectivity index is 2.04. The topological polar surface area (TPSA) is 24.9 Å². The summed E-state index contributed by atoms with van der Waals surface area (Å²) in [6.45, 7) is 4.95. The molecule has 0 atom stereocenters. The zero-order chi connectivity index (χ0) is 11.5. The summed E-state index contributed by atoms with van der Waals surface area (Å²) >= 11 is 4.03. The largest absolute Gasteiger partial charge is 0.378 e. The molecule has 0 amide bonds. The zero-order valence-electron chi connectivity index (χ0n) is 9.25. The van der Waals surface area contributed by atoms with Crippen LogP contribution in [0, 0.1) is 17.4 Å². The highest BCUT2D eigenvalue weighted by Crippen LogP contribution is 2.19. The molecular formula is C12H13IN2S. The smallest absolute Gasteiger partial charge is 0.112 e. The van der Waals surface area contributed by atoms with Gasteiger partial charge in [-0.25, -0.2) is 4.98 Å². The number of aromatic nitrogens is 1. The second-order valence-electron chi connectivity index (χ2n) is 3.70. The number of nitrogens with zero attached hydrogens (tertiary/aromatic N) is 1. The van der Waals surface area contributed by atoms with Crippen LogP contribution >= 0.6 is 33.9 Å². The Morgan fingerprint density at radius 1 is 1.38 bits per heavy atom. The number of hydrogen-bond acceptors (Lipinski definition) is 3. The maximum atomic E-state index is 4.43. The fourth-order valence-corrected chi connectivity index (χ4v) is 2.84. The van der Waals surface area contributed by atoms with Crippen LogP contribution in [0.3, 0.4) is 0 Å². The third-order valence-electron chi connectivity index (χ3n) is 2.29. The van der Waals surface area contributed by atoms with E-state index in [1.165, 1.54) is 14.8 Å². The average Bonchev–Trinajstić information content (AvgIpc) is 2.63. The Kier molecular flexibility index (Phi) is 3.81. The molecule has 0 saturated heterocycles. The Labute approximate surface area is 113 Å². The molecule has 0 spiro atoms. The number of hydrogen-bond donors (Lipinski definition) is 1. The monoisotopic (exact) mass is 344 g/mol. The molecule has 0 saturated carbocycles. The number of rotatable bonds is 3. The van der Waals surface area contributed by atoms with Crippen molar-refractivity contribution in [3.8, 4) is 0 Å². The molecule has 0 radical (unpaired) electrons. The van der Waals surface area contributed by atoms with Crippen LogP contribution in [-0.2, 0) is 6.54 Å². The van der Waals surface area contributed by atoms with Gasteiger partial charge in [0.15, 0.2) is 0 Å². The third kappa shape index (κ3) is 2.95. The van der Waals surface area contributed by atoms with E-state index in [9.17, 15) is 0 Å². The molecule has 0 bridgehead atoms. The summed E-state index contributed by atoms with van der Waals surface area (Å²) < 4.78 is 1.27. The highest BCUT2D eigenvalue weighted by atomic mass is 127. The fraction of sp³-hybridized carbons (Fsp3) is 0.250.